The van der Waals surface area contributed by atoms with Crippen LogP contribution in [-0.2, 0) is 0 Å². The minimum absolute atomic E-state index is 0.172. The third kappa shape index (κ3) is 1.70. The fourth-order valence-electron chi connectivity index (χ4n) is 2.09. The Morgan fingerprint density at radius 1 is 1.50 bits per heavy atom. The Bertz CT molecular complexity index is 401. The lowest BCUT2D eigenvalue weighted by Crippen LogP contribution is -2.28. The van der Waals surface area contributed by atoms with Crippen molar-refractivity contribution in [1.82, 2.24) is 0 Å². The highest BCUT2D eigenvalue weighted by Gasteiger charge is 2.38. The molecule has 2 rings (SSSR count). The smallest absolute Gasteiger partial charge is 0.123 e. The molecule has 2 unspecified atom stereocenters. The Morgan fingerprint density at radius 2 is 2.19 bits per heavy atom. The lowest BCUT2D eigenvalue weighted by molar-refractivity contribution is 0.116. The molecule has 0 amide bonds. The molecule has 3 heteroatoms. The first-order valence-corrected chi connectivity index (χ1v) is 5.66. The van der Waals surface area contributed by atoms with Gasteiger partial charge in [0.25, 0.3) is 0 Å². The standard InChI is InChI=1S/C13H19NO2/c1-8-10-6-9(11(15)7-14)4-5-12(10)16-13(8,2)3/h4-6,8,11,15H,7,14H2,1-3H3. The molecule has 0 bridgehead atoms. The molecule has 0 saturated heterocycles. The lowest BCUT2D eigenvalue weighted by Gasteiger charge is -2.22. The fourth-order valence-corrected chi connectivity index (χ4v) is 2.09. The van der Waals surface area contributed by atoms with E-state index in [0.717, 1.165) is 16.9 Å². The number of rotatable bonds is 2. The molecular weight excluding hydrogens is 202 g/mol. The second kappa shape index (κ2) is 3.75. The maximum Gasteiger partial charge on any atom is 0.123 e. The van der Waals surface area contributed by atoms with Crippen LogP contribution in [0.25, 0.3) is 0 Å². The summed E-state index contributed by atoms with van der Waals surface area (Å²) in [5.74, 6) is 1.25. The number of aliphatic hydroxyl groups excluding tert-OH is 1. The minimum atomic E-state index is -0.582. The van der Waals surface area contributed by atoms with Crippen molar-refractivity contribution in [3.63, 3.8) is 0 Å². The van der Waals surface area contributed by atoms with E-state index in [1.165, 1.54) is 0 Å². The molecule has 1 aliphatic rings. The van der Waals surface area contributed by atoms with E-state index < -0.39 is 6.10 Å². The summed E-state index contributed by atoms with van der Waals surface area (Å²) in [5, 5.41) is 9.71. The number of benzene rings is 1. The zero-order valence-electron chi connectivity index (χ0n) is 10.0. The summed E-state index contributed by atoms with van der Waals surface area (Å²) in [6, 6.07) is 5.81. The molecule has 0 aromatic heterocycles. The molecule has 88 valence electrons. The summed E-state index contributed by atoms with van der Waals surface area (Å²) in [7, 11) is 0. The summed E-state index contributed by atoms with van der Waals surface area (Å²) >= 11 is 0. The van der Waals surface area contributed by atoms with Gasteiger partial charge in [-0.15, -0.1) is 0 Å². The molecule has 0 spiro atoms. The van der Waals surface area contributed by atoms with Crippen LogP contribution >= 0.6 is 0 Å². The number of fused-ring (bicyclic) bond motifs is 1. The van der Waals surface area contributed by atoms with Crippen LogP contribution in [0.5, 0.6) is 5.75 Å². The van der Waals surface area contributed by atoms with Gasteiger partial charge in [-0.05, 0) is 31.5 Å². The first-order valence-electron chi connectivity index (χ1n) is 5.66. The maximum atomic E-state index is 9.71. The zero-order valence-corrected chi connectivity index (χ0v) is 10.0. The maximum absolute atomic E-state index is 9.71. The summed E-state index contributed by atoms with van der Waals surface area (Å²) in [4.78, 5) is 0. The molecule has 1 aliphatic heterocycles. The van der Waals surface area contributed by atoms with Gasteiger partial charge in [0.15, 0.2) is 0 Å². The van der Waals surface area contributed by atoms with Crippen molar-refractivity contribution in [3.8, 4) is 5.75 Å². The van der Waals surface area contributed by atoms with E-state index in [9.17, 15) is 5.11 Å². The van der Waals surface area contributed by atoms with E-state index in [2.05, 4.69) is 20.8 Å². The van der Waals surface area contributed by atoms with Crippen molar-refractivity contribution in [3.05, 3.63) is 29.3 Å². The van der Waals surface area contributed by atoms with Crippen LogP contribution in [-0.4, -0.2) is 17.3 Å². The minimum Gasteiger partial charge on any atom is -0.487 e. The van der Waals surface area contributed by atoms with Gasteiger partial charge in [-0.2, -0.15) is 0 Å². The van der Waals surface area contributed by atoms with Gasteiger partial charge < -0.3 is 15.6 Å². The van der Waals surface area contributed by atoms with E-state index in [1.54, 1.807) is 0 Å². The summed E-state index contributed by atoms with van der Waals surface area (Å²) < 4.78 is 5.86. The van der Waals surface area contributed by atoms with Crippen LogP contribution in [0, 0.1) is 0 Å². The second-order valence-electron chi connectivity index (χ2n) is 4.98. The number of ether oxygens (including phenoxy) is 1. The molecule has 0 aliphatic carbocycles. The van der Waals surface area contributed by atoms with Crippen LogP contribution in [0.3, 0.4) is 0 Å². The summed E-state index contributed by atoms with van der Waals surface area (Å²) in [6.07, 6.45) is -0.582. The van der Waals surface area contributed by atoms with Crippen molar-refractivity contribution in [2.24, 2.45) is 5.73 Å². The number of aliphatic hydroxyl groups is 1. The quantitative estimate of drug-likeness (QED) is 0.802. The van der Waals surface area contributed by atoms with Crippen LogP contribution in [0.4, 0.5) is 0 Å². The fraction of sp³-hybridized carbons (Fsp3) is 0.538. The van der Waals surface area contributed by atoms with Gasteiger partial charge in [0.05, 0.1) is 6.10 Å². The SMILES string of the molecule is CC1c2cc(C(O)CN)ccc2OC1(C)C. The van der Waals surface area contributed by atoms with E-state index in [-0.39, 0.29) is 12.1 Å². The largest absolute Gasteiger partial charge is 0.487 e. The molecular formula is C13H19NO2. The average molecular weight is 221 g/mol. The van der Waals surface area contributed by atoms with Gasteiger partial charge in [-0.1, -0.05) is 13.0 Å². The van der Waals surface area contributed by atoms with Crippen LogP contribution in [0.15, 0.2) is 18.2 Å². The molecule has 1 aromatic rings. The van der Waals surface area contributed by atoms with Gasteiger partial charge >= 0.3 is 0 Å². The van der Waals surface area contributed by atoms with E-state index in [1.807, 2.05) is 18.2 Å². The summed E-state index contributed by atoms with van der Waals surface area (Å²) in [5.41, 5.74) is 7.32. The molecule has 2 atom stereocenters. The highest BCUT2D eigenvalue weighted by atomic mass is 16.5. The molecule has 3 N–H and O–H groups in total. The summed E-state index contributed by atoms with van der Waals surface area (Å²) in [6.45, 7) is 6.55. The molecule has 1 heterocycles. The molecule has 3 nitrogen and oxygen atoms in total. The third-order valence-electron chi connectivity index (χ3n) is 3.52. The van der Waals surface area contributed by atoms with Crippen molar-refractivity contribution >= 4 is 0 Å². The Hall–Kier alpha value is -1.06. The van der Waals surface area contributed by atoms with E-state index in [0.29, 0.717) is 5.92 Å². The van der Waals surface area contributed by atoms with Crippen LogP contribution in [0.2, 0.25) is 0 Å². The van der Waals surface area contributed by atoms with Crippen molar-refractivity contribution in [2.45, 2.75) is 38.4 Å². The predicted octanol–water partition coefficient (Wildman–Crippen LogP) is 1.95. The molecule has 0 radical (unpaired) electrons. The monoisotopic (exact) mass is 221 g/mol. The van der Waals surface area contributed by atoms with Crippen molar-refractivity contribution < 1.29 is 9.84 Å². The predicted molar refractivity (Wildman–Crippen MR) is 63.6 cm³/mol. The lowest BCUT2D eigenvalue weighted by atomic mass is 9.88. The number of nitrogens with two attached hydrogens (primary N) is 1. The van der Waals surface area contributed by atoms with Gasteiger partial charge in [-0.25, -0.2) is 0 Å². The molecule has 16 heavy (non-hydrogen) atoms. The van der Waals surface area contributed by atoms with Gasteiger partial charge in [0.2, 0.25) is 0 Å². The second-order valence-corrected chi connectivity index (χ2v) is 4.98. The Balaban J connectivity index is 2.39. The van der Waals surface area contributed by atoms with E-state index in [4.69, 9.17) is 10.5 Å². The highest BCUT2D eigenvalue weighted by molar-refractivity contribution is 5.45. The molecule has 1 aromatic carbocycles. The zero-order chi connectivity index (χ0) is 11.9. The molecule has 0 fully saturated rings. The molecule has 0 saturated carbocycles. The van der Waals surface area contributed by atoms with Gasteiger partial charge in [0, 0.05) is 18.0 Å². The number of hydrogen-bond donors (Lipinski definition) is 2. The Labute approximate surface area is 96.2 Å². The first kappa shape index (κ1) is 11.4. The van der Waals surface area contributed by atoms with Crippen LogP contribution < -0.4 is 10.5 Å². The Kier molecular flexibility index (Phi) is 2.68. The first-order chi connectivity index (χ1) is 7.45. The van der Waals surface area contributed by atoms with Crippen LogP contribution in [0.1, 0.15) is 43.9 Å². The van der Waals surface area contributed by atoms with Crippen molar-refractivity contribution in [1.29, 1.82) is 0 Å². The van der Waals surface area contributed by atoms with Crippen molar-refractivity contribution in [2.75, 3.05) is 6.54 Å². The Morgan fingerprint density at radius 3 is 2.81 bits per heavy atom. The third-order valence-corrected chi connectivity index (χ3v) is 3.52. The van der Waals surface area contributed by atoms with Gasteiger partial charge in [0.1, 0.15) is 11.4 Å². The van der Waals surface area contributed by atoms with E-state index >= 15 is 0 Å². The topological polar surface area (TPSA) is 55.5 Å². The highest BCUT2D eigenvalue weighted by Crippen LogP contribution is 2.44. The average Bonchev–Trinajstić information content (AvgIpc) is 2.48. The normalized spacial score (nSPS) is 23.7. The van der Waals surface area contributed by atoms with Gasteiger partial charge in [-0.3, -0.25) is 0 Å². The number of hydrogen-bond acceptors (Lipinski definition) is 3.